The first-order chi connectivity index (χ1) is 7.81. The zero-order valence-electron chi connectivity index (χ0n) is 9.05. The Morgan fingerprint density at radius 3 is 2.69 bits per heavy atom. The number of ether oxygens (including phenoxy) is 1. The molecule has 82 valence electrons. The van der Waals surface area contributed by atoms with Crippen molar-refractivity contribution < 1.29 is 4.74 Å². The maximum atomic E-state index is 5.66. The van der Waals surface area contributed by atoms with E-state index in [1.165, 1.54) is 6.20 Å². The number of hydrogen-bond donors (Lipinski definition) is 1. The van der Waals surface area contributed by atoms with Gasteiger partial charge in [-0.05, 0) is 18.1 Å². The monoisotopic (exact) mass is 215 g/mol. The Morgan fingerprint density at radius 2 is 1.94 bits per heavy atom. The summed E-state index contributed by atoms with van der Waals surface area (Å²) in [4.78, 5) is 7.96. The van der Waals surface area contributed by atoms with Crippen LogP contribution in [-0.4, -0.2) is 9.97 Å². The van der Waals surface area contributed by atoms with Crippen molar-refractivity contribution in [1.29, 1.82) is 0 Å². The highest BCUT2D eigenvalue weighted by Gasteiger charge is 2.06. The molecule has 0 unspecified atom stereocenters. The number of hydrogen-bond acceptors (Lipinski definition) is 4. The topological polar surface area (TPSA) is 61.0 Å². The molecule has 0 fully saturated rings. The van der Waals surface area contributed by atoms with Crippen LogP contribution in [0.15, 0.2) is 36.7 Å². The number of rotatable bonds is 3. The van der Waals surface area contributed by atoms with E-state index in [9.17, 15) is 0 Å². The molecule has 1 aromatic carbocycles. The Labute approximate surface area is 94.1 Å². The van der Waals surface area contributed by atoms with Crippen molar-refractivity contribution in [2.75, 3.05) is 5.73 Å². The minimum Gasteiger partial charge on any atom is -0.436 e. The van der Waals surface area contributed by atoms with Crippen molar-refractivity contribution in [3.05, 3.63) is 42.2 Å². The molecule has 1 heterocycles. The number of benzene rings is 1. The first kappa shape index (κ1) is 10.4. The van der Waals surface area contributed by atoms with Gasteiger partial charge < -0.3 is 10.5 Å². The predicted octanol–water partition coefficient (Wildman–Crippen LogP) is 2.41. The SMILES string of the molecule is CCc1ccccc1Oc1nccnc1N. The fraction of sp³-hybridized carbons (Fsp3) is 0.167. The Kier molecular flexibility index (Phi) is 3.00. The van der Waals surface area contributed by atoms with Gasteiger partial charge in [-0.2, -0.15) is 0 Å². The normalized spacial score (nSPS) is 10.1. The molecule has 0 amide bonds. The van der Waals surface area contributed by atoms with Gasteiger partial charge in [-0.15, -0.1) is 0 Å². The Morgan fingerprint density at radius 1 is 1.19 bits per heavy atom. The fourth-order valence-corrected chi connectivity index (χ4v) is 1.41. The molecular weight excluding hydrogens is 202 g/mol. The fourth-order valence-electron chi connectivity index (χ4n) is 1.41. The van der Waals surface area contributed by atoms with Crippen LogP contribution in [0.4, 0.5) is 5.82 Å². The lowest BCUT2D eigenvalue weighted by Gasteiger charge is -2.09. The molecular formula is C12H13N3O. The number of aromatic nitrogens is 2. The van der Waals surface area contributed by atoms with Gasteiger partial charge in [0.2, 0.25) is 0 Å². The summed E-state index contributed by atoms with van der Waals surface area (Å²) in [6.45, 7) is 2.07. The maximum Gasteiger partial charge on any atom is 0.262 e. The van der Waals surface area contributed by atoms with Crippen LogP contribution in [-0.2, 0) is 6.42 Å². The average Bonchev–Trinajstić information content (AvgIpc) is 2.33. The van der Waals surface area contributed by atoms with Gasteiger partial charge in [-0.1, -0.05) is 25.1 Å². The van der Waals surface area contributed by atoms with Crippen LogP contribution in [0.25, 0.3) is 0 Å². The van der Waals surface area contributed by atoms with Crippen LogP contribution >= 0.6 is 0 Å². The summed E-state index contributed by atoms with van der Waals surface area (Å²) in [5.41, 5.74) is 6.78. The van der Waals surface area contributed by atoms with Gasteiger partial charge >= 0.3 is 0 Å². The van der Waals surface area contributed by atoms with Crippen molar-refractivity contribution in [1.82, 2.24) is 9.97 Å². The summed E-state index contributed by atoms with van der Waals surface area (Å²) in [6.07, 6.45) is 3.99. The highest BCUT2D eigenvalue weighted by molar-refractivity contribution is 5.44. The standard InChI is InChI=1S/C12H13N3O/c1-2-9-5-3-4-6-10(9)16-12-11(13)14-7-8-15-12/h3-8H,2H2,1H3,(H2,13,14). The summed E-state index contributed by atoms with van der Waals surface area (Å²) >= 11 is 0. The van der Waals surface area contributed by atoms with Gasteiger partial charge in [0, 0.05) is 12.4 Å². The van der Waals surface area contributed by atoms with E-state index in [0.29, 0.717) is 11.7 Å². The third-order valence-corrected chi connectivity index (χ3v) is 2.25. The third-order valence-electron chi connectivity index (χ3n) is 2.25. The van der Waals surface area contributed by atoms with E-state index < -0.39 is 0 Å². The second-order valence-electron chi connectivity index (χ2n) is 3.31. The molecule has 1 aromatic heterocycles. The van der Waals surface area contributed by atoms with E-state index in [1.54, 1.807) is 6.20 Å². The molecule has 0 saturated carbocycles. The van der Waals surface area contributed by atoms with Gasteiger partial charge in [0.1, 0.15) is 5.75 Å². The zero-order chi connectivity index (χ0) is 11.4. The second kappa shape index (κ2) is 4.61. The zero-order valence-corrected chi connectivity index (χ0v) is 9.05. The minimum absolute atomic E-state index is 0.299. The Hall–Kier alpha value is -2.10. The molecule has 4 heteroatoms. The first-order valence-electron chi connectivity index (χ1n) is 5.13. The number of nitrogens with two attached hydrogens (primary N) is 1. The molecule has 0 aliphatic carbocycles. The highest BCUT2D eigenvalue weighted by Crippen LogP contribution is 2.26. The van der Waals surface area contributed by atoms with Crippen LogP contribution in [0, 0.1) is 0 Å². The number of nitrogens with zero attached hydrogens (tertiary/aromatic N) is 2. The summed E-state index contributed by atoms with van der Waals surface area (Å²) in [7, 11) is 0. The lowest BCUT2D eigenvalue weighted by Crippen LogP contribution is -1.98. The molecule has 2 N–H and O–H groups in total. The van der Waals surface area contributed by atoms with Crippen molar-refractivity contribution in [2.24, 2.45) is 0 Å². The molecule has 0 aliphatic rings. The van der Waals surface area contributed by atoms with Crippen LogP contribution in [0.2, 0.25) is 0 Å². The van der Waals surface area contributed by atoms with Gasteiger partial charge in [0.05, 0.1) is 0 Å². The quantitative estimate of drug-likeness (QED) is 0.854. The van der Waals surface area contributed by atoms with Gasteiger partial charge in [-0.25, -0.2) is 9.97 Å². The molecule has 0 radical (unpaired) electrons. The number of aryl methyl sites for hydroxylation is 1. The van der Waals surface area contributed by atoms with Crippen LogP contribution in [0.3, 0.4) is 0 Å². The molecule has 0 saturated heterocycles. The van der Waals surface area contributed by atoms with Crippen molar-refractivity contribution in [3.63, 3.8) is 0 Å². The molecule has 0 atom stereocenters. The number of anilines is 1. The van der Waals surface area contributed by atoms with Crippen LogP contribution in [0.1, 0.15) is 12.5 Å². The molecule has 4 nitrogen and oxygen atoms in total. The third kappa shape index (κ3) is 2.11. The predicted molar refractivity (Wildman–Crippen MR) is 62.3 cm³/mol. The highest BCUT2D eigenvalue weighted by atomic mass is 16.5. The molecule has 2 rings (SSSR count). The van der Waals surface area contributed by atoms with Crippen molar-refractivity contribution >= 4 is 5.82 Å². The van der Waals surface area contributed by atoms with Gasteiger partial charge in [0.25, 0.3) is 5.88 Å². The van der Waals surface area contributed by atoms with Crippen LogP contribution < -0.4 is 10.5 Å². The molecule has 0 bridgehead atoms. The summed E-state index contributed by atoms with van der Waals surface area (Å²) < 4.78 is 5.63. The Bertz CT molecular complexity index is 485. The molecule has 0 spiro atoms. The minimum atomic E-state index is 0.299. The maximum absolute atomic E-state index is 5.66. The lowest BCUT2D eigenvalue weighted by atomic mass is 10.1. The van der Waals surface area contributed by atoms with Crippen molar-refractivity contribution in [3.8, 4) is 11.6 Å². The number of nitrogen functional groups attached to an aromatic ring is 1. The molecule has 2 aromatic rings. The molecule has 16 heavy (non-hydrogen) atoms. The average molecular weight is 215 g/mol. The van der Waals surface area contributed by atoms with E-state index in [4.69, 9.17) is 10.5 Å². The second-order valence-corrected chi connectivity index (χ2v) is 3.31. The smallest absolute Gasteiger partial charge is 0.262 e. The number of para-hydroxylation sites is 1. The largest absolute Gasteiger partial charge is 0.436 e. The summed E-state index contributed by atoms with van der Waals surface area (Å²) in [5.74, 6) is 1.43. The summed E-state index contributed by atoms with van der Waals surface area (Å²) in [6, 6.07) is 7.81. The van der Waals surface area contributed by atoms with E-state index >= 15 is 0 Å². The van der Waals surface area contributed by atoms with E-state index in [-0.39, 0.29) is 0 Å². The first-order valence-corrected chi connectivity index (χ1v) is 5.13. The van der Waals surface area contributed by atoms with E-state index in [0.717, 1.165) is 17.7 Å². The van der Waals surface area contributed by atoms with Gasteiger partial charge in [-0.3, -0.25) is 0 Å². The van der Waals surface area contributed by atoms with Crippen molar-refractivity contribution in [2.45, 2.75) is 13.3 Å². The summed E-state index contributed by atoms with van der Waals surface area (Å²) in [5, 5.41) is 0. The Balaban J connectivity index is 2.30. The van der Waals surface area contributed by atoms with E-state index in [1.807, 2.05) is 24.3 Å². The van der Waals surface area contributed by atoms with E-state index in [2.05, 4.69) is 16.9 Å². The van der Waals surface area contributed by atoms with Crippen LogP contribution in [0.5, 0.6) is 11.6 Å². The lowest BCUT2D eigenvalue weighted by molar-refractivity contribution is 0.458. The van der Waals surface area contributed by atoms with Gasteiger partial charge in [0.15, 0.2) is 5.82 Å². The molecule has 0 aliphatic heterocycles.